The molecule has 0 heterocycles. The van der Waals surface area contributed by atoms with Crippen molar-refractivity contribution in [3.8, 4) is 0 Å². The maximum atomic E-state index is 12.7. The summed E-state index contributed by atoms with van der Waals surface area (Å²) in [7, 11) is 0. The monoisotopic (exact) mass is 322 g/mol. The molecule has 0 aliphatic rings. The van der Waals surface area contributed by atoms with Crippen molar-refractivity contribution in [2.24, 2.45) is 5.92 Å². The second-order valence-electron chi connectivity index (χ2n) is 6.30. The molecule has 0 saturated heterocycles. The first-order chi connectivity index (χ1) is 11.7. The van der Waals surface area contributed by atoms with E-state index >= 15 is 0 Å². The van der Waals surface area contributed by atoms with E-state index in [1.54, 1.807) is 0 Å². The van der Waals surface area contributed by atoms with Gasteiger partial charge in [-0.25, -0.2) is 4.79 Å². The zero-order chi connectivity index (χ0) is 16.9. The van der Waals surface area contributed by atoms with Crippen molar-refractivity contribution < 1.29 is 14.3 Å². The van der Waals surface area contributed by atoms with Gasteiger partial charge in [0, 0.05) is 6.61 Å². The van der Waals surface area contributed by atoms with E-state index < -0.39 is 0 Å². The van der Waals surface area contributed by atoms with Crippen LogP contribution in [0.3, 0.4) is 0 Å². The zero-order valence-electron chi connectivity index (χ0n) is 14.1. The van der Waals surface area contributed by atoms with Crippen molar-refractivity contribution in [2.45, 2.75) is 13.8 Å². The number of fused-ring (bicyclic) bond motifs is 2. The Morgan fingerprint density at radius 1 is 0.917 bits per heavy atom. The lowest BCUT2D eigenvalue weighted by atomic mass is 9.97. The minimum atomic E-state index is -0.295. The summed E-state index contributed by atoms with van der Waals surface area (Å²) in [5, 5.41) is 3.92. The fraction of sp³-hybridized carbons (Fsp3) is 0.286. The predicted octanol–water partition coefficient (Wildman–Crippen LogP) is 4.82. The highest BCUT2D eigenvalue weighted by Gasteiger charge is 2.16. The van der Waals surface area contributed by atoms with Crippen LogP contribution >= 0.6 is 0 Å². The third-order valence-corrected chi connectivity index (χ3v) is 3.89. The summed E-state index contributed by atoms with van der Waals surface area (Å²) >= 11 is 0. The van der Waals surface area contributed by atoms with E-state index in [1.165, 1.54) is 0 Å². The van der Waals surface area contributed by atoms with Gasteiger partial charge in [-0.2, -0.15) is 0 Å². The lowest BCUT2D eigenvalue weighted by Gasteiger charge is -2.12. The van der Waals surface area contributed by atoms with Gasteiger partial charge in [0.25, 0.3) is 0 Å². The SMILES string of the molecule is CC(C)COCCOC(=O)c1c2ccccc2cc2ccccc12. The average molecular weight is 322 g/mol. The van der Waals surface area contributed by atoms with E-state index in [2.05, 4.69) is 19.9 Å². The third-order valence-electron chi connectivity index (χ3n) is 3.89. The molecule has 0 aliphatic carbocycles. The van der Waals surface area contributed by atoms with Crippen LogP contribution in [0.5, 0.6) is 0 Å². The fourth-order valence-corrected chi connectivity index (χ4v) is 2.82. The molecular formula is C21H22O3. The maximum absolute atomic E-state index is 12.7. The first kappa shape index (κ1) is 16.5. The summed E-state index contributed by atoms with van der Waals surface area (Å²) in [5.74, 6) is 0.179. The molecule has 3 rings (SSSR count). The Morgan fingerprint density at radius 2 is 1.50 bits per heavy atom. The van der Waals surface area contributed by atoms with Gasteiger partial charge >= 0.3 is 5.97 Å². The van der Waals surface area contributed by atoms with Gasteiger partial charge in [-0.15, -0.1) is 0 Å². The van der Waals surface area contributed by atoms with Crippen molar-refractivity contribution in [1.82, 2.24) is 0 Å². The van der Waals surface area contributed by atoms with Crippen LogP contribution in [-0.4, -0.2) is 25.8 Å². The lowest BCUT2D eigenvalue weighted by Crippen LogP contribution is -2.13. The molecule has 3 aromatic carbocycles. The van der Waals surface area contributed by atoms with Crippen LogP contribution in [0.2, 0.25) is 0 Å². The molecule has 0 saturated carbocycles. The van der Waals surface area contributed by atoms with E-state index in [1.807, 2.05) is 48.5 Å². The number of carbonyl (C=O) groups excluding carboxylic acids is 1. The first-order valence-electron chi connectivity index (χ1n) is 8.32. The smallest absolute Gasteiger partial charge is 0.339 e. The molecule has 3 heteroatoms. The average Bonchev–Trinajstić information content (AvgIpc) is 2.58. The van der Waals surface area contributed by atoms with Gasteiger partial charge in [0.15, 0.2) is 0 Å². The first-order valence-corrected chi connectivity index (χ1v) is 8.32. The molecule has 0 unspecified atom stereocenters. The minimum absolute atomic E-state index is 0.267. The highest BCUT2D eigenvalue weighted by atomic mass is 16.6. The Labute approximate surface area is 142 Å². The van der Waals surface area contributed by atoms with E-state index in [-0.39, 0.29) is 12.6 Å². The summed E-state index contributed by atoms with van der Waals surface area (Å²) < 4.78 is 10.9. The van der Waals surface area contributed by atoms with Crippen LogP contribution in [0, 0.1) is 5.92 Å². The molecule has 0 radical (unpaired) electrons. The maximum Gasteiger partial charge on any atom is 0.339 e. The Morgan fingerprint density at radius 3 is 2.08 bits per heavy atom. The Kier molecular flexibility index (Phi) is 5.11. The van der Waals surface area contributed by atoms with Crippen LogP contribution < -0.4 is 0 Å². The summed E-state index contributed by atoms with van der Waals surface area (Å²) in [6.45, 7) is 5.55. The Balaban J connectivity index is 1.87. The van der Waals surface area contributed by atoms with E-state index in [9.17, 15) is 4.79 Å². The molecular weight excluding hydrogens is 300 g/mol. The summed E-state index contributed by atoms with van der Waals surface area (Å²) in [5.41, 5.74) is 0.632. The number of hydrogen-bond donors (Lipinski definition) is 0. The number of carbonyl (C=O) groups is 1. The van der Waals surface area contributed by atoms with Gasteiger partial charge in [-0.05, 0) is 33.5 Å². The number of benzene rings is 3. The Hall–Kier alpha value is -2.39. The molecule has 0 fully saturated rings. The van der Waals surface area contributed by atoms with Crippen molar-refractivity contribution >= 4 is 27.5 Å². The molecule has 0 atom stereocenters. The fourth-order valence-electron chi connectivity index (χ4n) is 2.82. The molecule has 3 aromatic rings. The van der Waals surface area contributed by atoms with Gasteiger partial charge in [0.1, 0.15) is 6.61 Å². The molecule has 124 valence electrons. The number of ether oxygens (including phenoxy) is 2. The second-order valence-corrected chi connectivity index (χ2v) is 6.30. The second kappa shape index (κ2) is 7.45. The molecule has 0 aromatic heterocycles. The zero-order valence-corrected chi connectivity index (χ0v) is 14.1. The quantitative estimate of drug-likeness (QED) is 0.371. The van der Waals surface area contributed by atoms with E-state index in [0.29, 0.717) is 24.7 Å². The minimum Gasteiger partial charge on any atom is -0.460 e. The molecule has 0 spiro atoms. The molecule has 0 amide bonds. The molecule has 24 heavy (non-hydrogen) atoms. The van der Waals surface area contributed by atoms with Crippen LogP contribution in [0.1, 0.15) is 24.2 Å². The third kappa shape index (κ3) is 3.57. The lowest BCUT2D eigenvalue weighted by molar-refractivity contribution is 0.0281. The number of esters is 1. The summed E-state index contributed by atoms with van der Waals surface area (Å²) in [6, 6.07) is 17.9. The topological polar surface area (TPSA) is 35.5 Å². The molecule has 0 bridgehead atoms. The number of hydrogen-bond acceptors (Lipinski definition) is 3. The van der Waals surface area contributed by atoms with Crippen molar-refractivity contribution in [1.29, 1.82) is 0 Å². The van der Waals surface area contributed by atoms with Crippen LogP contribution in [0.25, 0.3) is 21.5 Å². The van der Waals surface area contributed by atoms with Gasteiger partial charge in [-0.1, -0.05) is 62.4 Å². The standard InChI is InChI=1S/C21H22O3/c1-15(2)14-23-11-12-24-21(22)20-18-9-5-3-7-16(18)13-17-8-4-6-10-19(17)20/h3-10,13,15H,11-12,14H2,1-2H3. The van der Waals surface area contributed by atoms with Gasteiger partial charge < -0.3 is 9.47 Å². The molecule has 0 N–H and O–H groups in total. The predicted molar refractivity (Wildman–Crippen MR) is 97.4 cm³/mol. The van der Waals surface area contributed by atoms with Crippen LogP contribution in [0.15, 0.2) is 54.6 Å². The van der Waals surface area contributed by atoms with Crippen molar-refractivity contribution in [2.75, 3.05) is 19.8 Å². The summed E-state index contributed by atoms with van der Waals surface area (Å²) in [6.07, 6.45) is 0. The van der Waals surface area contributed by atoms with Crippen molar-refractivity contribution in [3.05, 3.63) is 60.2 Å². The van der Waals surface area contributed by atoms with Crippen LogP contribution in [0.4, 0.5) is 0 Å². The largest absolute Gasteiger partial charge is 0.460 e. The van der Waals surface area contributed by atoms with E-state index in [4.69, 9.17) is 9.47 Å². The Bertz CT molecular complexity index is 798. The van der Waals surface area contributed by atoms with Crippen molar-refractivity contribution in [3.63, 3.8) is 0 Å². The van der Waals surface area contributed by atoms with E-state index in [0.717, 1.165) is 21.5 Å². The van der Waals surface area contributed by atoms with Crippen LogP contribution in [-0.2, 0) is 9.47 Å². The molecule has 0 aliphatic heterocycles. The number of rotatable bonds is 6. The summed E-state index contributed by atoms with van der Waals surface area (Å²) in [4.78, 5) is 12.7. The highest BCUT2D eigenvalue weighted by Crippen LogP contribution is 2.29. The normalized spacial score (nSPS) is 11.3. The van der Waals surface area contributed by atoms with Gasteiger partial charge in [-0.3, -0.25) is 0 Å². The molecule has 3 nitrogen and oxygen atoms in total. The van der Waals surface area contributed by atoms with Gasteiger partial charge in [0.2, 0.25) is 0 Å². The van der Waals surface area contributed by atoms with Gasteiger partial charge in [0.05, 0.1) is 12.2 Å². The highest BCUT2D eigenvalue weighted by molar-refractivity contribution is 6.16.